The topological polar surface area (TPSA) is 104 Å². The molecule has 1 aromatic heterocycles. The molecule has 3 rings (SSSR count). The number of aromatic hydroxyl groups is 1. The Morgan fingerprint density at radius 3 is 2.50 bits per heavy atom. The molecular formula is C28H40N2O5Si. The number of fused-ring (bicyclic) bond motifs is 1. The molecule has 0 radical (unpaired) electrons. The van der Waals surface area contributed by atoms with Crippen LogP contribution >= 0.6 is 0 Å². The molecule has 1 heterocycles. The molecule has 0 saturated heterocycles. The third-order valence-corrected chi connectivity index (χ3v) is 11.7. The average molecular weight is 513 g/mol. The van der Waals surface area contributed by atoms with Crippen LogP contribution in [0.15, 0.2) is 42.5 Å². The van der Waals surface area contributed by atoms with Gasteiger partial charge in [-0.05, 0) is 72.9 Å². The molecule has 8 heteroatoms. The number of H-pyrrole nitrogens is 1. The number of carbonyl (C=O) groups excluding carboxylic acids is 1. The third-order valence-electron chi connectivity index (χ3n) is 7.17. The highest BCUT2D eigenvalue weighted by Crippen LogP contribution is 2.40. The van der Waals surface area contributed by atoms with Gasteiger partial charge in [-0.15, -0.1) is 0 Å². The molecule has 196 valence electrons. The molecule has 2 atom stereocenters. The van der Waals surface area contributed by atoms with Gasteiger partial charge in [0.2, 0.25) is 0 Å². The maximum absolute atomic E-state index is 11.8. The van der Waals surface area contributed by atoms with E-state index in [1.165, 1.54) is 7.11 Å². The van der Waals surface area contributed by atoms with Crippen LogP contribution in [0.1, 0.15) is 61.0 Å². The van der Waals surface area contributed by atoms with Gasteiger partial charge in [0.1, 0.15) is 11.4 Å². The van der Waals surface area contributed by atoms with Gasteiger partial charge in [-0.1, -0.05) is 32.9 Å². The van der Waals surface area contributed by atoms with Gasteiger partial charge in [-0.2, -0.15) is 0 Å². The van der Waals surface area contributed by atoms with Crippen molar-refractivity contribution in [3.63, 3.8) is 0 Å². The molecular weight excluding hydrogens is 472 g/mol. The molecule has 7 nitrogen and oxygen atoms in total. The highest BCUT2D eigenvalue weighted by molar-refractivity contribution is 6.74. The molecule has 0 aliphatic carbocycles. The number of hydrogen-bond acceptors (Lipinski definition) is 6. The molecule has 0 saturated carbocycles. The summed E-state index contributed by atoms with van der Waals surface area (Å²) in [7, 11) is -0.713. The minimum Gasteiger partial charge on any atom is -0.508 e. The number of aromatic amines is 1. The van der Waals surface area contributed by atoms with Crippen molar-refractivity contribution in [1.82, 2.24) is 10.3 Å². The van der Waals surface area contributed by atoms with Crippen LogP contribution < -0.4 is 5.32 Å². The Bertz CT molecular complexity index is 1200. The van der Waals surface area contributed by atoms with Crippen LogP contribution in [-0.2, 0) is 22.2 Å². The predicted octanol–water partition coefficient (Wildman–Crippen LogP) is 5.44. The summed E-state index contributed by atoms with van der Waals surface area (Å²) in [6.45, 7) is 13.6. The number of benzene rings is 2. The fourth-order valence-electron chi connectivity index (χ4n) is 3.96. The van der Waals surface area contributed by atoms with E-state index in [0.717, 1.165) is 28.5 Å². The van der Waals surface area contributed by atoms with E-state index < -0.39 is 8.32 Å². The first-order valence-corrected chi connectivity index (χ1v) is 15.3. The summed E-state index contributed by atoms with van der Waals surface area (Å²) in [6, 6.07) is 13.5. The number of rotatable bonds is 10. The molecule has 2 unspecified atom stereocenters. The van der Waals surface area contributed by atoms with Gasteiger partial charge in [0.15, 0.2) is 8.32 Å². The number of aliphatic hydroxyl groups excluding tert-OH is 1. The summed E-state index contributed by atoms with van der Waals surface area (Å²) in [5.74, 6) is -0.293. The number of carbonyl (C=O) groups is 1. The van der Waals surface area contributed by atoms with E-state index in [9.17, 15) is 15.0 Å². The zero-order valence-electron chi connectivity index (χ0n) is 22.4. The minimum atomic E-state index is -2.09. The lowest BCUT2D eigenvalue weighted by Gasteiger charge is -2.40. The Morgan fingerprint density at radius 2 is 1.86 bits per heavy atom. The maximum Gasteiger partial charge on any atom is 0.354 e. The number of aliphatic hydroxyl groups is 1. The van der Waals surface area contributed by atoms with Gasteiger partial charge < -0.3 is 29.7 Å². The lowest BCUT2D eigenvalue weighted by molar-refractivity contribution is 0.0595. The zero-order valence-corrected chi connectivity index (χ0v) is 23.4. The van der Waals surface area contributed by atoms with Crippen LogP contribution in [-0.4, -0.2) is 49.2 Å². The fourth-order valence-corrected chi connectivity index (χ4v) is 5.24. The van der Waals surface area contributed by atoms with E-state index in [1.807, 2.05) is 24.3 Å². The molecule has 4 N–H and O–H groups in total. The molecule has 0 bridgehead atoms. The maximum atomic E-state index is 11.8. The molecule has 0 spiro atoms. The third kappa shape index (κ3) is 6.56. The Morgan fingerprint density at radius 1 is 1.14 bits per heavy atom. The van der Waals surface area contributed by atoms with Gasteiger partial charge >= 0.3 is 5.97 Å². The van der Waals surface area contributed by atoms with Crippen LogP contribution in [0.25, 0.3) is 10.9 Å². The van der Waals surface area contributed by atoms with Crippen molar-refractivity contribution in [2.75, 3.05) is 13.7 Å². The van der Waals surface area contributed by atoms with Crippen molar-refractivity contribution in [2.24, 2.45) is 0 Å². The first-order chi connectivity index (χ1) is 16.8. The number of hydrogen-bond donors (Lipinski definition) is 4. The van der Waals surface area contributed by atoms with Gasteiger partial charge in [-0.3, -0.25) is 0 Å². The fraction of sp³-hybridized carbons (Fsp3) is 0.464. The normalized spacial score (nSPS) is 14.1. The van der Waals surface area contributed by atoms with Crippen molar-refractivity contribution in [1.29, 1.82) is 0 Å². The summed E-state index contributed by atoms with van der Waals surface area (Å²) in [4.78, 5) is 14.9. The zero-order chi connectivity index (χ0) is 26.7. The van der Waals surface area contributed by atoms with Crippen molar-refractivity contribution in [2.45, 2.75) is 71.0 Å². The average Bonchev–Trinajstić information content (AvgIpc) is 3.24. The van der Waals surface area contributed by atoms with Gasteiger partial charge in [-0.25, -0.2) is 4.79 Å². The molecule has 0 fully saturated rings. The standard InChI is InChI=1S/C28H40N2O5Si/c1-18(12-19-8-10-23-21(13-19)15-24(30-23)27(33)34-5)29-16-26(35-36(6,7)28(2,3)4)20-9-11-25(32)22(14-20)17-31/h8-11,13-15,18,26,29-32H,12,16-17H2,1-7H3. The molecule has 0 aliphatic rings. The first kappa shape index (κ1) is 27.9. The molecule has 36 heavy (non-hydrogen) atoms. The second-order valence-electron chi connectivity index (χ2n) is 11.0. The Balaban J connectivity index is 1.75. The number of methoxy groups -OCH3 is 1. The van der Waals surface area contributed by atoms with Crippen molar-refractivity contribution in [3.05, 3.63) is 64.8 Å². The Hall–Kier alpha value is -2.65. The van der Waals surface area contributed by atoms with Crippen molar-refractivity contribution >= 4 is 25.2 Å². The first-order valence-electron chi connectivity index (χ1n) is 12.4. The lowest BCUT2D eigenvalue weighted by Crippen LogP contribution is -2.44. The summed E-state index contributed by atoms with van der Waals surface area (Å²) >= 11 is 0. The van der Waals surface area contributed by atoms with E-state index in [-0.39, 0.29) is 35.5 Å². The SMILES string of the molecule is COC(=O)c1cc2cc(CC(C)NCC(O[Si](C)(C)C(C)(C)C)c3ccc(O)c(CO)c3)ccc2[nH]1. The van der Waals surface area contributed by atoms with E-state index in [0.29, 0.717) is 17.8 Å². The molecule has 0 amide bonds. The van der Waals surface area contributed by atoms with Crippen LogP contribution in [0.4, 0.5) is 0 Å². The van der Waals surface area contributed by atoms with Crippen molar-refractivity contribution in [3.8, 4) is 5.75 Å². The highest BCUT2D eigenvalue weighted by Gasteiger charge is 2.39. The largest absolute Gasteiger partial charge is 0.508 e. The van der Waals surface area contributed by atoms with E-state index in [2.05, 4.69) is 63.2 Å². The van der Waals surface area contributed by atoms with Crippen LogP contribution in [0.3, 0.4) is 0 Å². The molecule has 0 aliphatic heterocycles. The second-order valence-corrected chi connectivity index (χ2v) is 15.8. The number of esters is 1. The molecule has 3 aromatic rings. The minimum absolute atomic E-state index is 0.0443. The van der Waals surface area contributed by atoms with E-state index in [4.69, 9.17) is 9.16 Å². The number of nitrogens with one attached hydrogen (secondary N) is 2. The number of aromatic nitrogens is 1. The second kappa shape index (κ2) is 11.2. The van der Waals surface area contributed by atoms with Gasteiger partial charge in [0.25, 0.3) is 0 Å². The molecule has 2 aromatic carbocycles. The number of phenols is 1. The van der Waals surface area contributed by atoms with Crippen molar-refractivity contribution < 1.29 is 24.2 Å². The van der Waals surface area contributed by atoms with Gasteiger partial charge in [0, 0.05) is 29.1 Å². The quantitative estimate of drug-likeness (QED) is 0.213. The van der Waals surface area contributed by atoms with Crippen LogP contribution in [0, 0.1) is 0 Å². The summed E-state index contributed by atoms with van der Waals surface area (Å²) in [6.07, 6.45) is 0.591. The Labute approximate surface area is 215 Å². The monoisotopic (exact) mass is 512 g/mol. The summed E-state index contributed by atoms with van der Waals surface area (Å²) in [5.41, 5.74) is 3.93. The smallest absolute Gasteiger partial charge is 0.354 e. The lowest BCUT2D eigenvalue weighted by atomic mass is 10.0. The Kier molecular flexibility index (Phi) is 8.66. The predicted molar refractivity (Wildman–Crippen MR) is 146 cm³/mol. The van der Waals surface area contributed by atoms with Crippen LogP contribution in [0.5, 0.6) is 5.75 Å². The summed E-state index contributed by atoms with van der Waals surface area (Å²) < 4.78 is 11.6. The highest BCUT2D eigenvalue weighted by atomic mass is 28.4. The van der Waals surface area contributed by atoms with Crippen LogP contribution in [0.2, 0.25) is 18.1 Å². The van der Waals surface area contributed by atoms with E-state index >= 15 is 0 Å². The number of ether oxygens (including phenoxy) is 1. The summed E-state index contributed by atoms with van der Waals surface area (Å²) in [5, 5.41) is 24.3. The van der Waals surface area contributed by atoms with E-state index in [1.54, 1.807) is 6.07 Å². The van der Waals surface area contributed by atoms with Gasteiger partial charge in [0.05, 0.1) is 19.8 Å².